The Kier molecular flexibility index (Phi) is 3.10. The van der Waals surface area contributed by atoms with Crippen molar-refractivity contribution in [3.63, 3.8) is 0 Å². The summed E-state index contributed by atoms with van der Waals surface area (Å²) in [4.78, 5) is 27.4. The maximum absolute atomic E-state index is 12.0. The third kappa shape index (κ3) is 2.22. The molecular formula is C15H15N3O2. The second kappa shape index (κ2) is 4.92. The first-order valence-electron chi connectivity index (χ1n) is 6.56. The summed E-state index contributed by atoms with van der Waals surface area (Å²) >= 11 is 0. The monoisotopic (exact) mass is 269 g/mol. The van der Waals surface area contributed by atoms with Gasteiger partial charge < -0.3 is 9.88 Å². The molecule has 1 aliphatic heterocycles. The van der Waals surface area contributed by atoms with Gasteiger partial charge >= 0.3 is 0 Å². The molecule has 0 spiro atoms. The van der Waals surface area contributed by atoms with Crippen LogP contribution in [-0.2, 0) is 11.8 Å². The average molecular weight is 269 g/mol. The van der Waals surface area contributed by atoms with E-state index in [1.807, 2.05) is 24.3 Å². The first-order valence-corrected chi connectivity index (χ1v) is 6.56. The van der Waals surface area contributed by atoms with Crippen LogP contribution in [0, 0.1) is 0 Å². The van der Waals surface area contributed by atoms with E-state index in [-0.39, 0.29) is 17.5 Å². The van der Waals surface area contributed by atoms with Crippen molar-refractivity contribution in [1.29, 1.82) is 0 Å². The molecule has 5 heteroatoms. The molecule has 1 atom stereocenters. The van der Waals surface area contributed by atoms with Gasteiger partial charge in [-0.05, 0) is 12.0 Å². The van der Waals surface area contributed by atoms with Gasteiger partial charge in [0, 0.05) is 31.4 Å². The number of carbonyl (C=O) groups is 1. The number of hydrogen-bond donors (Lipinski definition) is 1. The first-order chi connectivity index (χ1) is 9.65. The predicted molar refractivity (Wildman–Crippen MR) is 75.0 cm³/mol. The highest BCUT2D eigenvalue weighted by molar-refractivity contribution is 5.78. The summed E-state index contributed by atoms with van der Waals surface area (Å²) in [5.41, 5.74) is 2.18. The standard InChI is InChI=1S/C15H15N3O2/c1-18-9-8-16-14(15(18)20)11-4-2-10(3-5-11)12-6-7-13(19)17-12/h2-5,8-9,12H,6-7H2,1H3,(H,17,19). The zero-order valence-corrected chi connectivity index (χ0v) is 11.2. The summed E-state index contributed by atoms with van der Waals surface area (Å²) in [6, 6.07) is 7.73. The minimum absolute atomic E-state index is 0.0862. The van der Waals surface area contributed by atoms with Crippen LogP contribution in [0.5, 0.6) is 0 Å². The SMILES string of the molecule is Cn1ccnc(-c2ccc(C3CCC(=O)N3)cc2)c1=O. The second-order valence-corrected chi connectivity index (χ2v) is 4.97. The van der Waals surface area contributed by atoms with E-state index in [0.717, 1.165) is 17.5 Å². The molecule has 1 aromatic carbocycles. The number of nitrogens with zero attached hydrogens (tertiary/aromatic N) is 2. The van der Waals surface area contributed by atoms with E-state index in [1.54, 1.807) is 19.4 Å². The number of benzene rings is 1. The number of rotatable bonds is 2. The molecule has 0 bridgehead atoms. The highest BCUT2D eigenvalue weighted by Crippen LogP contribution is 2.25. The maximum Gasteiger partial charge on any atom is 0.276 e. The molecule has 1 fully saturated rings. The Morgan fingerprint density at radius 2 is 2.00 bits per heavy atom. The van der Waals surface area contributed by atoms with Crippen molar-refractivity contribution in [1.82, 2.24) is 14.9 Å². The fraction of sp³-hybridized carbons (Fsp3) is 0.267. The molecule has 1 aromatic heterocycles. The molecule has 5 nitrogen and oxygen atoms in total. The Morgan fingerprint density at radius 1 is 1.25 bits per heavy atom. The van der Waals surface area contributed by atoms with Gasteiger partial charge in [0.25, 0.3) is 5.56 Å². The van der Waals surface area contributed by atoms with Crippen LogP contribution < -0.4 is 10.9 Å². The molecule has 2 heterocycles. The van der Waals surface area contributed by atoms with E-state index >= 15 is 0 Å². The number of nitrogens with one attached hydrogen (secondary N) is 1. The Hall–Kier alpha value is -2.43. The number of aryl methyl sites for hydroxylation is 1. The fourth-order valence-electron chi connectivity index (χ4n) is 2.43. The predicted octanol–water partition coefficient (Wildman–Crippen LogP) is 1.40. The van der Waals surface area contributed by atoms with Crippen LogP contribution in [0.4, 0.5) is 0 Å². The molecule has 1 unspecified atom stereocenters. The number of amides is 1. The average Bonchev–Trinajstić information content (AvgIpc) is 2.89. The Bertz CT molecular complexity index is 704. The number of hydrogen-bond acceptors (Lipinski definition) is 3. The largest absolute Gasteiger partial charge is 0.349 e. The molecule has 1 saturated heterocycles. The van der Waals surface area contributed by atoms with Gasteiger partial charge in [0.2, 0.25) is 5.91 Å². The number of aromatic nitrogens is 2. The van der Waals surface area contributed by atoms with Crippen LogP contribution in [0.2, 0.25) is 0 Å². The molecule has 1 amide bonds. The van der Waals surface area contributed by atoms with Crippen molar-refractivity contribution >= 4 is 5.91 Å². The second-order valence-electron chi connectivity index (χ2n) is 4.97. The highest BCUT2D eigenvalue weighted by Gasteiger charge is 2.22. The van der Waals surface area contributed by atoms with Gasteiger partial charge in [-0.25, -0.2) is 4.98 Å². The summed E-state index contributed by atoms with van der Waals surface area (Å²) in [6.45, 7) is 0. The van der Waals surface area contributed by atoms with Crippen LogP contribution in [-0.4, -0.2) is 15.5 Å². The maximum atomic E-state index is 12.0. The van der Waals surface area contributed by atoms with Crippen molar-refractivity contribution < 1.29 is 4.79 Å². The fourth-order valence-corrected chi connectivity index (χ4v) is 2.43. The van der Waals surface area contributed by atoms with Crippen LogP contribution >= 0.6 is 0 Å². The lowest BCUT2D eigenvalue weighted by Gasteiger charge is -2.11. The van der Waals surface area contributed by atoms with Gasteiger partial charge in [-0.15, -0.1) is 0 Å². The van der Waals surface area contributed by atoms with Gasteiger partial charge in [-0.2, -0.15) is 0 Å². The van der Waals surface area contributed by atoms with Gasteiger partial charge in [0.1, 0.15) is 5.69 Å². The molecule has 0 aliphatic carbocycles. The van der Waals surface area contributed by atoms with E-state index in [2.05, 4.69) is 10.3 Å². The molecule has 20 heavy (non-hydrogen) atoms. The lowest BCUT2D eigenvalue weighted by Crippen LogP contribution is -2.19. The Morgan fingerprint density at radius 3 is 2.65 bits per heavy atom. The van der Waals surface area contributed by atoms with Gasteiger partial charge in [0.15, 0.2) is 0 Å². The van der Waals surface area contributed by atoms with Gasteiger partial charge in [-0.3, -0.25) is 9.59 Å². The third-order valence-electron chi connectivity index (χ3n) is 3.60. The Balaban J connectivity index is 1.91. The zero-order valence-electron chi connectivity index (χ0n) is 11.2. The van der Waals surface area contributed by atoms with Crippen molar-refractivity contribution in [2.24, 2.45) is 7.05 Å². The van der Waals surface area contributed by atoms with E-state index in [4.69, 9.17) is 0 Å². The minimum Gasteiger partial charge on any atom is -0.349 e. The molecule has 2 aromatic rings. The van der Waals surface area contributed by atoms with Crippen molar-refractivity contribution in [3.05, 3.63) is 52.6 Å². The molecule has 0 radical (unpaired) electrons. The van der Waals surface area contributed by atoms with Crippen LogP contribution in [0.3, 0.4) is 0 Å². The first kappa shape index (κ1) is 12.6. The summed E-state index contributed by atoms with van der Waals surface area (Å²) < 4.78 is 1.51. The molecule has 1 N–H and O–H groups in total. The highest BCUT2D eigenvalue weighted by atomic mass is 16.2. The van der Waals surface area contributed by atoms with Crippen molar-refractivity contribution in [2.45, 2.75) is 18.9 Å². The number of carbonyl (C=O) groups excluding carboxylic acids is 1. The topological polar surface area (TPSA) is 64.0 Å². The molecule has 1 aliphatic rings. The normalized spacial score (nSPS) is 18.1. The molecule has 0 saturated carbocycles. The summed E-state index contributed by atoms with van der Waals surface area (Å²) in [6.07, 6.45) is 4.65. The van der Waals surface area contributed by atoms with Crippen LogP contribution in [0.1, 0.15) is 24.4 Å². The van der Waals surface area contributed by atoms with Gasteiger partial charge in [-0.1, -0.05) is 24.3 Å². The summed E-state index contributed by atoms with van der Waals surface area (Å²) in [7, 11) is 1.70. The summed E-state index contributed by atoms with van der Waals surface area (Å²) in [5, 5.41) is 2.93. The third-order valence-corrected chi connectivity index (χ3v) is 3.60. The molecular weight excluding hydrogens is 254 g/mol. The summed E-state index contributed by atoms with van der Waals surface area (Å²) in [5.74, 6) is 0.0951. The lowest BCUT2D eigenvalue weighted by atomic mass is 10.0. The minimum atomic E-state index is -0.116. The molecule has 102 valence electrons. The van der Waals surface area contributed by atoms with Crippen molar-refractivity contribution in [2.75, 3.05) is 0 Å². The zero-order chi connectivity index (χ0) is 14.1. The van der Waals surface area contributed by atoms with Crippen LogP contribution in [0.15, 0.2) is 41.5 Å². The smallest absolute Gasteiger partial charge is 0.276 e. The van der Waals surface area contributed by atoms with E-state index < -0.39 is 0 Å². The van der Waals surface area contributed by atoms with Crippen LogP contribution in [0.25, 0.3) is 11.3 Å². The van der Waals surface area contributed by atoms with Gasteiger partial charge in [0.05, 0.1) is 6.04 Å². The Labute approximate surface area is 116 Å². The quantitative estimate of drug-likeness (QED) is 0.896. The lowest BCUT2D eigenvalue weighted by molar-refractivity contribution is -0.119. The molecule has 3 rings (SSSR count). The van der Waals surface area contributed by atoms with Crippen molar-refractivity contribution in [3.8, 4) is 11.3 Å². The van der Waals surface area contributed by atoms with E-state index in [1.165, 1.54) is 4.57 Å². The van der Waals surface area contributed by atoms with E-state index in [0.29, 0.717) is 12.1 Å². The van der Waals surface area contributed by atoms with E-state index in [9.17, 15) is 9.59 Å².